The van der Waals surface area contributed by atoms with E-state index < -0.39 is 5.91 Å². The van der Waals surface area contributed by atoms with Crippen LogP contribution in [0.15, 0.2) is 27.2 Å². The Hall–Kier alpha value is -1.85. The number of methoxy groups -OCH3 is 1. The molecule has 1 heterocycles. The molecule has 2 aromatic rings. The third-order valence-corrected chi connectivity index (χ3v) is 4.34. The second kappa shape index (κ2) is 9.74. The molecule has 8 nitrogen and oxygen atoms in total. The van der Waals surface area contributed by atoms with E-state index in [9.17, 15) is 4.79 Å². The van der Waals surface area contributed by atoms with Gasteiger partial charge < -0.3 is 4.74 Å². The molecule has 1 amide bonds. The monoisotopic (exact) mass is 502 g/mol. The van der Waals surface area contributed by atoms with E-state index in [4.69, 9.17) is 17.0 Å². The molecule has 1 aromatic heterocycles. The number of rotatable bonds is 6. The second-order valence-corrected chi connectivity index (χ2v) is 7.19. The molecular weight excluding hydrogens is 488 g/mol. The van der Waals surface area contributed by atoms with Crippen LogP contribution in [0.5, 0.6) is 5.75 Å². The van der Waals surface area contributed by atoms with E-state index in [2.05, 4.69) is 58.0 Å². The van der Waals surface area contributed by atoms with E-state index in [1.165, 1.54) is 6.08 Å². The quantitative estimate of drug-likeness (QED) is 0.462. The van der Waals surface area contributed by atoms with Gasteiger partial charge in [0.05, 0.1) is 11.6 Å². The number of hydrogen-bond acceptors (Lipinski definition) is 6. The fraction of sp³-hybridized carbons (Fsp3) is 0.267. The highest BCUT2D eigenvalue weighted by atomic mass is 79.9. The number of nitrogens with zero attached hydrogens (tertiary/aromatic N) is 4. The first-order valence-corrected chi connectivity index (χ1v) is 9.53. The molecule has 0 unspecified atom stereocenters. The molecule has 1 aromatic carbocycles. The minimum Gasteiger partial charge on any atom is -0.495 e. The number of thiocarbonyl (C=S) groups is 1. The number of halogens is 2. The molecule has 0 saturated carbocycles. The summed E-state index contributed by atoms with van der Waals surface area (Å²) < 4.78 is 8.53. The number of aryl methyl sites for hydroxylation is 1. The SMILES string of the molecule is CCCn1nnnc1NC(=S)NC(=O)/C=C/c1cc(Br)cc(Br)c1OC. The number of amides is 1. The van der Waals surface area contributed by atoms with Gasteiger partial charge in [-0.2, -0.15) is 0 Å². The summed E-state index contributed by atoms with van der Waals surface area (Å²) in [5.74, 6) is 0.602. The molecule has 138 valence electrons. The molecule has 0 atom stereocenters. The summed E-state index contributed by atoms with van der Waals surface area (Å²) in [5.41, 5.74) is 0.731. The van der Waals surface area contributed by atoms with Gasteiger partial charge in [0.25, 0.3) is 0 Å². The fourth-order valence-electron chi connectivity index (χ4n) is 2.03. The number of carbonyl (C=O) groups excluding carboxylic acids is 1. The van der Waals surface area contributed by atoms with Crippen LogP contribution in [0, 0.1) is 0 Å². The van der Waals surface area contributed by atoms with Crippen LogP contribution in [0.4, 0.5) is 5.95 Å². The number of aromatic nitrogens is 4. The molecule has 0 aliphatic rings. The molecule has 0 aliphatic carbocycles. The molecule has 2 rings (SSSR count). The standard InChI is InChI=1S/C15H16Br2N6O2S/c1-3-6-23-14(20-21-22-23)19-15(26)18-12(24)5-4-9-7-10(16)8-11(17)13(9)25-2/h4-5,7-8H,3,6H2,1-2H3,(H2,18,19,20,22,24,26)/b5-4+. The van der Waals surface area contributed by atoms with Gasteiger partial charge in [-0.05, 0) is 63.2 Å². The lowest BCUT2D eigenvalue weighted by molar-refractivity contribution is -0.115. The smallest absolute Gasteiger partial charge is 0.250 e. The Balaban J connectivity index is 2.01. The molecule has 0 spiro atoms. The summed E-state index contributed by atoms with van der Waals surface area (Å²) in [7, 11) is 1.56. The summed E-state index contributed by atoms with van der Waals surface area (Å²) >= 11 is 11.9. The summed E-state index contributed by atoms with van der Waals surface area (Å²) in [4.78, 5) is 12.1. The molecule has 0 saturated heterocycles. The van der Waals surface area contributed by atoms with E-state index >= 15 is 0 Å². The predicted molar refractivity (Wildman–Crippen MR) is 110 cm³/mol. The highest BCUT2D eigenvalue weighted by molar-refractivity contribution is 9.11. The van der Waals surface area contributed by atoms with Crippen molar-refractivity contribution in [3.8, 4) is 5.75 Å². The van der Waals surface area contributed by atoms with Crippen molar-refractivity contribution in [1.29, 1.82) is 0 Å². The molecule has 0 bridgehead atoms. The second-order valence-electron chi connectivity index (χ2n) is 5.01. The van der Waals surface area contributed by atoms with Crippen LogP contribution in [-0.4, -0.2) is 38.3 Å². The van der Waals surface area contributed by atoms with Gasteiger partial charge in [-0.25, -0.2) is 4.68 Å². The van der Waals surface area contributed by atoms with Crippen LogP contribution in [0.1, 0.15) is 18.9 Å². The van der Waals surface area contributed by atoms with Crippen LogP contribution in [0.3, 0.4) is 0 Å². The van der Waals surface area contributed by atoms with Crippen LogP contribution in [-0.2, 0) is 11.3 Å². The maximum absolute atomic E-state index is 12.1. The number of carbonyl (C=O) groups is 1. The van der Waals surface area contributed by atoms with Crippen molar-refractivity contribution in [3.05, 3.63) is 32.7 Å². The Morgan fingerprint density at radius 1 is 1.42 bits per heavy atom. The Labute approximate surface area is 172 Å². The van der Waals surface area contributed by atoms with Gasteiger partial charge in [-0.3, -0.25) is 15.4 Å². The highest BCUT2D eigenvalue weighted by Gasteiger charge is 2.10. The molecular formula is C15H16Br2N6O2S. The Morgan fingerprint density at radius 2 is 2.19 bits per heavy atom. The number of hydrogen-bond donors (Lipinski definition) is 2. The third-order valence-electron chi connectivity index (χ3n) is 3.08. The first-order valence-electron chi connectivity index (χ1n) is 7.53. The summed E-state index contributed by atoms with van der Waals surface area (Å²) in [6.45, 7) is 2.65. The number of benzene rings is 1. The third kappa shape index (κ3) is 5.58. The Morgan fingerprint density at radius 3 is 2.88 bits per heavy atom. The van der Waals surface area contributed by atoms with Crippen LogP contribution in [0.2, 0.25) is 0 Å². The number of anilines is 1. The molecule has 0 fully saturated rings. The average Bonchev–Trinajstić information content (AvgIpc) is 2.99. The Kier molecular flexibility index (Phi) is 7.66. The van der Waals surface area contributed by atoms with Crippen molar-refractivity contribution >= 4 is 67.1 Å². The zero-order valence-electron chi connectivity index (χ0n) is 14.0. The van der Waals surface area contributed by atoms with Crippen molar-refractivity contribution in [2.75, 3.05) is 12.4 Å². The van der Waals surface area contributed by atoms with Crippen LogP contribution < -0.4 is 15.4 Å². The summed E-state index contributed by atoms with van der Waals surface area (Å²) in [6, 6.07) is 3.69. The molecule has 2 N–H and O–H groups in total. The zero-order valence-corrected chi connectivity index (χ0v) is 18.0. The fourth-order valence-corrected chi connectivity index (χ4v) is 3.64. The van der Waals surface area contributed by atoms with Crippen molar-refractivity contribution in [1.82, 2.24) is 25.5 Å². The first-order chi connectivity index (χ1) is 12.4. The molecule has 26 heavy (non-hydrogen) atoms. The van der Waals surface area contributed by atoms with Gasteiger partial charge in [0, 0.05) is 22.7 Å². The summed E-state index contributed by atoms with van der Waals surface area (Å²) in [5, 5.41) is 16.7. The van der Waals surface area contributed by atoms with Crippen molar-refractivity contribution in [2.24, 2.45) is 0 Å². The van der Waals surface area contributed by atoms with Gasteiger partial charge in [0.2, 0.25) is 11.9 Å². The Bertz CT molecular complexity index is 840. The zero-order chi connectivity index (χ0) is 19.1. The average molecular weight is 504 g/mol. The van der Waals surface area contributed by atoms with Gasteiger partial charge >= 0.3 is 0 Å². The van der Waals surface area contributed by atoms with Gasteiger partial charge in [-0.15, -0.1) is 0 Å². The van der Waals surface area contributed by atoms with Gasteiger partial charge in [0.15, 0.2) is 5.11 Å². The summed E-state index contributed by atoms with van der Waals surface area (Å²) in [6.07, 6.45) is 3.86. The van der Waals surface area contributed by atoms with E-state index in [-0.39, 0.29) is 5.11 Å². The lowest BCUT2D eigenvalue weighted by Gasteiger charge is -2.09. The van der Waals surface area contributed by atoms with Crippen molar-refractivity contribution in [2.45, 2.75) is 19.9 Å². The predicted octanol–water partition coefficient (Wildman–Crippen LogP) is 3.14. The first kappa shape index (κ1) is 20.5. The van der Waals surface area contributed by atoms with Crippen molar-refractivity contribution in [3.63, 3.8) is 0 Å². The number of nitrogens with one attached hydrogen (secondary N) is 2. The van der Waals surface area contributed by atoms with E-state index in [0.717, 1.165) is 20.9 Å². The van der Waals surface area contributed by atoms with E-state index in [0.29, 0.717) is 18.2 Å². The highest BCUT2D eigenvalue weighted by Crippen LogP contribution is 2.33. The van der Waals surface area contributed by atoms with E-state index in [1.807, 2.05) is 19.1 Å². The molecule has 0 radical (unpaired) electrons. The lowest BCUT2D eigenvalue weighted by Crippen LogP contribution is -2.33. The maximum atomic E-state index is 12.1. The van der Waals surface area contributed by atoms with Gasteiger partial charge in [-0.1, -0.05) is 28.0 Å². The maximum Gasteiger partial charge on any atom is 0.250 e. The number of ether oxygens (including phenoxy) is 1. The normalized spacial score (nSPS) is 10.8. The van der Waals surface area contributed by atoms with Crippen LogP contribution in [0.25, 0.3) is 6.08 Å². The molecule has 11 heteroatoms. The van der Waals surface area contributed by atoms with Crippen LogP contribution >= 0.6 is 44.1 Å². The lowest BCUT2D eigenvalue weighted by atomic mass is 10.2. The number of tetrazole rings is 1. The minimum absolute atomic E-state index is 0.106. The largest absolute Gasteiger partial charge is 0.495 e. The topological polar surface area (TPSA) is 94.0 Å². The van der Waals surface area contributed by atoms with Crippen molar-refractivity contribution < 1.29 is 9.53 Å². The van der Waals surface area contributed by atoms with Gasteiger partial charge in [0.1, 0.15) is 5.75 Å². The minimum atomic E-state index is -0.393. The molecule has 0 aliphatic heterocycles. The van der Waals surface area contributed by atoms with E-state index in [1.54, 1.807) is 17.9 Å².